The average molecular weight is 413 g/mol. The van der Waals surface area contributed by atoms with E-state index in [4.69, 9.17) is 0 Å². The Morgan fingerprint density at radius 1 is 1.00 bits per heavy atom. The van der Waals surface area contributed by atoms with Crippen molar-refractivity contribution in [1.29, 1.82) is 0 Å². The molecular weight excluding hydrogens is 392 g/mol. The smallest absolute Gasteiger partial charge is 0.249 e. The Balaban J connectivity index is 1.41. The molecule has 2 heterocycles. The molecule has 0 saturated carbocycles. The normalized spacial score (nSPS) is 19.2. The molecule has 2 aliphatic rings. The number of piperazine rings is 1. The monoisotopic (exact) mass is 413 g/mol. The summed E-state index contributed by atoms with van der Waals surface area (Å²) in [5, 5.41) is 5.22. The van der Waals surface area contributed by atoms with E-state index in [0.717, 1.165) is 5.69 Å². The highest BCUT2D eigenvalue weighted by atomic mass is 19.1. The van der Waals surface area contributed by atoms with Crippen LogP contribution in [0, 0.1) is 11.6 Å². The second kappa shape index (κ2) is 8.48. The molecule has 2 N–H and O–H groups in total. The first-order valence-corrected chi connectivity index (χ1v) is 9.68. The summed E-state index contributed by atoms with van der Waals surface area (Å²) >= 11 is 0. The molecule has 0 aliphatic carbocycles. The number of carbonyl (C=O) groups excluding carboxylic acids is 2. The number of nitrogens with one attached hydrogen (secondary N) is 2. The van der Waals surface area contributed by atoms with Crippen LogP contribution in [0.1, 0.15) is 6.42 Å². The highest BCUT2D eigenvalue weighted by Gasteiger charge is 2.31. The van der Waals surface area contributed by atoms with Crippen LogP contribution in [0.15, 0.2) is 53.5 Å². The highest BCUT2D eigenvalue weighted by molar-refractivity contribution is 6.06. The maximum atomic E-state index is 13.8. The van der Waals surface area contributed by atoms with Crippen molar-refractivity contribution < 1.29 is 18.4 Å². The van der Waals surface area contributed by atoms with Gasteiger partial charge < -0.3 is 15.1 Å². The van der Waals surface area contributed by atoms with Crippen molar-refractivity contribution in [3.8, 4) is 0 Å². The van der Waals surface area contributed by atoms with Crippen LogP contribution in [0.3, 0.4) is 0 Å². The summed E-state index contributed by atoms with van der Waals surface area (Å²) in [5.41, 5.74) is 0.978. The van der Waals surface area contributed by atoms with Gasteiger partial charge in [0.1, 0.15) is 17.7 Å². The van der Waals surface area contributed by atoms with Crippen molar-refractivity contribution in [2.24, 2.45) is 4.99 Å². The fourth-order valence-electron chi connectivity index (χ4n) is 3.50. The predicted molar refractivity (Wildman–Crippen MR) is 109 cm³/mol. The van der Waals surface area contributed by atoms with Crippen LogP contribution in [0.5, 0.6) is 0 Å². The molecule has 4 rings (SSSR count). The number of hydrogen-bond donors (Lipinski definition) is 2. The van der Waals surface area contributed by atoms with Crippen LogP contribution >= 0.6 is 0 Å². The fourth-order valence-corrected chi connectivity index (χ4v) is 3.50. The summed E-state index contributed by atoms with van der Waals surface area (Å²) in [6, 6.07) is 11.2. The molecule has 1 saturated heterocycles. The molecular formula is C21H21F2N5O2. The lowest BCUT2D eigenvalue weighted by Gasteiger charge is -2.38. The van der Waals surface area contributed by atoms with Crippen LogP contribution in [0.4, 0.5) is 20.2 Å². The molecule has 0 bridgehead atoms. The molecule has 2 aromatic rings. The topological polar surface area (TPSA) is 77.0 Å². The fraction of sp³-hybridized carbons (Fsp3) is 0.286. The number of amides is 2. The van der Waals surface area contributed by atoms with Gasteiger partial charge >= 0.3 is 0 Å². The Bertz CT molecular complexity index is 972. The second-order valence-corrected chi connectivity index (χ2v) is 7.14. The minimum Gasteiger partial charge on any atom is -0.368 e. The lowest BCUT2D eigenvalue weighted by molar-refractivity contribution is -0.125. The number of para-hydroxylation sites is 1. The summed E-state index contributed by atoms with van der Waals surface area (Å²) < 4.78 is 26.9. The quantitative estimate of drug-likeness (QED) is 0.807. The Morgan fingerprint density at radius 3 is 2.37 bits per heavy atom. The van der Waals surface area contributed by atoms with Crippen molar-refractivity contribution in [3.63, 3.8) is 0 Å². The van der Waals surface area contributed by atoms with Crippen molar-refractivity contribution in [3.05, 3.63) is 60.2 Å². The van der Waals surface area contributed by atoms with Crippen LogP contribution in [-0.2, 0) is 9.59 Å². The first kappa shape index (κ1) is 19.8. The molecule has 0 radical (unpaired) electrons. The summed E-state index contributed by atoms with van der Waals surface area (Å²) in [6.45, 7) is 2.48. The van der Waals surface area contributed by atoms with E-state index in [1.54, 1.807) is 18.2 Å². The van der Waals surface area contributed by atoms with Gasteiger partial charge in [-0.15, -0.1) is 0 Å². The number of anilines is 2. The minimum absolute atomic E-state index is 0.0538. The summed E-state index contributed by atoms with van der Waals surface area (Å²) in [7, 11) is 0. The van der Waals surface area contributed by atoms with Crippen molar-refractivity contribution in [2.75, 3.05) is 36.4 Å². The SMILES string of the molecule is O=C1CC(C(=O)Nc2ccccc2F)N=C(N2CCN(c3ccc(F)cc3)CC2)N1. The molecule has 156 valence electrons. The van der Waals surface area contributed by atoms with Crippen molar-refractivity contribution in [1.82, 2.24) is 10.2 Å². The number of aliphatic imine (C=N–C) groups is 1. The van der Waals surface area contributed by atoms with Gasteiger partial charge in [0.05, 0.1) is 12.1 Å². The molecule has 9 heteroatoms. The lowest BCUT2D eigenvalue weighted by atomic mass is 10.1. The number of benzene rings is 2. The van der Waals surface area contributed by atoms with E-state index in [0.29, 0.717) is 32.1 Å². The summed E-state index contributed by atoms with van der Waals surface area (Å²) in [6.07, 6.45) is -0.0979. The van der Waals surface area contributed by atoms with E-state index in [-0.39, 0.29) is 23.8 Å². The third-order valence-electron chi connectivity index (χ3n) is 5.11. The molecule has 1 fully saturated rings. The Morgan fingerprint density at radius 2 is 1.67 bits per heavy atom. The zero-order valence-electron chi connectivity index (χ0n) is 16.1. The Kier molecular flexibility index (Phi) is 5.60. The maximum Gasteiger partial charge on any atom is 0.249 e. The second-order valence-electron chi connectivity index (χ2n) is 7.14. The highest BCUT2D eigenvalue weighted by Crippen LogP contribution is 2.19. The Hall–Kier alpha value is -3.49. The predicted octanol–water partition coefficient (Wildman–Crippen LogP) is 1.97. The van der Waals surface area contributed by atoms with E-state index < -0.39 is 17.8 Å². The number of hydrogen-bond acceptors (Lipinski definition) is 5. The molecule has 0 aromatic heterocycles. The van der Waals surface area contributed by atoms with Crippen LogP contribution in [-0.4, -0.2) is 54.9 Å². The van der Waals surface area contributed by atoms with E-state index >= 15 is 0 Å². The van der Waals surface area contributed by atoms with Gasteiger partial charge in [-0.1, -0.05) is 12.1 Å². The largest absolute Gasteiger partial charge is 0.368 e. The molecule has 2 aromatic carbocycles. The summed E-state index contributed by atoms with van der Waals surface area (Å²) in [4.78, 5) is 33.1. The van der Waals surface area contributed by atoms with Crippen LogP contribution in [0.2, 0.25) is 0 Å². The van der Waals surface area contributed by atoms with E-state index in [1.165, 1.54) is 30.3 Å². The minimum atomic E-state index is -0.927. The molecule has 7 nitrogen and oxygen atoms in total. The number of nitrogens with zero attached hydrogens (tertiary/aromatic N) is 3. The molecule has 30 heavy (non-hydrogen) atoms. The molecule has 2 amide bonds. The van der Waals surface area contributed by atoms with Gasteiger partial charge in [0, 0.05) is 31.9 Å². The third kappa shape index (κ3) is 4.40. The number of carbonyl (C=O) groups is 2. The van der Waals surface area contributed by atoms with Gasteiger partial charge in [0.15, 0.2) is 0 Å². The zero-order valence-corrected chi connectivity index (χ0v) is 16.1. The van der Waals surface area contributed by atoms with Gasteiger partial charge in [0.2, 0.25) is 17.8 Å². The maximum absolute atomic E-state index is 13.8. The standard InChI is InChI=1S/C21H21F2N5O2/c22-14-5-7-15(8-6-14)27-9-11-28(12-10-27)21-25-18(13-19(29)26-21)20(30)24-17-4-2-1-3-16(17)23/h1-8,18H,9-13H2,(H,24,30)(H,25,26,29). The lowest BCUT2D eigenvalue weighted by Crippen LogP contribution is -2.56. The van der Waals surface area contributed by atoms with Gasteiger partial charge in [-0.25, -0.2) is 13.8 Å². The van der Waals surface area contributed by atoms with E-state index in [9.17, 15) is 18.4 Å². The van der Waals surface area contributed by atoms with Gasteiger partial charge in [-0.2, -0.15) is 0 Å². The van der Waals surface area contributed by atoms with Gasteiger partial charge in [-0.05, 0) is 36.4 Å². The number of guanidine groups is 1. The molecule has 1 atom stereocenters. The summed E-state index contributed by atoms with van der Waals surface area (Å²) in [5.74, 6) is -1.32. The van der Waals surface area contributed by atoms with Gasteiger partial charge in [0.25, 0.3) is 0 Å². The average Bonchev–Trinajstić information content (AvgIpc) is 2.75. The number of rotatable bonds is 3. The molecule has 1 unspecified atom stereocenters. The van der Waals surface area contributed by atoms with Gasteiger partial charge in [-0.3, -0.25) is 14.9 Å². The third-order valence-corrected chi connectivity index (χ3v) is 5.11. The zero-order chi connectivity index (χ0) is 21.1. The van der Waals surface area contributed by atoms with Crippen LogP contribution < -0.4 is 15.5 Å². The first-order chi connectivity index (χ1) is 14.5. The van der Waals surface area contributed by atoms with Crippen LogP contribution in [0.25, 0.3) is 0 Å². The molecule has 2 aliphatic heterocycles. The Labute approximate surface area is 172 Å². The molecule has 0 spiro atoms. The van der Waals surface area contributed by atoms with Crippen molar-refractivity contribution in [2.45, 2.75) is 12.5 Å². The van der Waals surface area contributed by atoms with E-state index in [2.05, 4.69) is 20.5 Å². The van der Waals surface area contributed by atoms with E-state index in [1.807, 2.05) is 4.90 Å². The van der Waals surface area contributed by atoms with Crippen molar-refractivity contribution >= 4 is 29.1 Å². The number of halogens is 2. The first-order valence-electron chi connectivity index (χ1n) is 9.68.